The molecule has 8 heteroatoms. The summed E-state index contributed by atoms with van der Waals surface area (Å²) in [5, 5.41) is 0. The zero-order valence-corrected chi connectivity index (χ0v) is 71.5. The van der Waals surface area contributed by atoms with Crippen LogP contribution in [-0.2, 0) is 30.9 Å². The minimum Gasteiger partial charge on any atom is -0.418 e. The molecule has 0 aromatic heterocycles. The van der Waals surface area contributed by atoms with E-state index in [1.165, 1.54) is 409 Å². The van der Waals surface area contributed by atoms with Gasteiger partial charge in [-0.05, 0) is 143 Å². The maximum absolute atomic E-state index is 6.99. The summed E-state index contributed by atoms with van der Waals surface area (Å²) in [6, 6.07) is 17.7. The van der Waals surface area contributed by atoms with Crippen molar-refractivity contribution in [1.82, 2.24) is 0 Å². The lowest BCUT2D eigenvalue weighted by molar-refractivity contribution is 0.00530. The SMILES string of the molecule is CCCCCCCCCCCCCCCCCOP(OCCCCCCCCCCCCCCCCC)OC1CCC(C(C)(C)C2CCC(OP(Oc3ccc(CCCCCCCCCCCCCCCCC)cc3)Oc3ccc(CCCCCCCCCCCCCCCCC)cc3)CC2)CC1. The zero-order chi connectivity index (χ0) is 73.1. The van der Waals surface area contributed by atoms with Gasteiger partial charge < -0.3 is 22.6 Å². The molecule has 4 rings (SSSR count). The predicted octanol–water partition coefficient (Wildman–Crippen LogP) is 34.4. The third-order valence-corrected chi connectivity index (χ3v) is 26.6. The molecule has 0 spiro atoms. The third kappa shape index (κ3) is 52.5. The van der Waals surface area contributed by atoms with Gasteiger partial charge in [0, 0.05) is 0 Å². The summed E-state index contributed by atoms with van der Waals surface area (Å²) >= 11 is 0. The Morgan fingerprint density at radius 1 is 0.252 bits per heavy atom. The number of rotatable bonds is 76. The van der Waals surface area contributed by atoms with Crippen LogP contribution in [0.4, 0.5) is 0 Å². The summed E-state index contributed by atoms with van der Waals surface area (Å²) in [7, 11) is -2.96. The molecule has 0 aliphatic heterocycles. The van der Waals surface area contributed by atoms with Gasteiger partial charge in [0.15, 0.2) is 0 Å². The topological polar surface area (TPSA) is 55.4 Å². The summed E-state index contributed by atoms with van der Waals surface area (Å²) in [6.45, 7) is 15.9. The van der Waals surface area contributed by atoms with E-state index >= 15 is 0 Å². The van der Waals surface area contributed by atoms with E-state index < -0.39 is 17.2 Å². The van der Waals surface area contributed by atoms with Gasteiger partial charge in [-0.1, -0.05) is 425 Å². The lowest BCUT2D eigenvalue weighted by Gasteiger charge is -2.46. The summed E-state index contributed by atoms with van der Waals surface area (Å²) in [4.78, 5) is 0. The lowest BCUT2D eigenvalue weighted by Crippen LogP contribution is -2.38. The normalized spacial score (nSPS) is 16.6. The number of hydrogen-bond donors (Lipinski definition) is 0. The molecule has 2 fully saturated rings. The fourth-order valence-electron chi connectivity index (χ4n) is 16.8. The second-order valence-electron chi connectivity index (χ2n) is 33.9. The van der Waals surface area contributed by atoms with Crippen molar-refractivity contribution in [3.8, 4) is 11.5 Å². The van der Waals surface area contributed by atoms with Crippen LogP contribution in [0.15, 0.2) is 48.5 Å². The van der Waals surface area contributed by atoms with Crippen molar-refractivity contribution in [3.05, 3.63) is 59.7 Å². The van der Waals surface area contributed by atoms with Crippen LogP contribution >= 0.6 is 17.2 Å². The molecule has 0 radical (unpaired) electrons. The number of unbranched alkanes of at least 4 members (excludes halogenated alkanes) is 56. The minimum atomic E-state index is -1.64. The molecule has 600 valence electrons. The Bertz CT molecular complexity index is 1940. The fourth-order valence-corrected chi connectivity index (χ4v) is 19.2. The molecule has 103 heavy (non-hydrogen) atoms. The van der Waals surface area contributed by atoms with Crippen LogP contribution in [0.3, 0.4) is 0 Å². The highest BCUT2D eigenvalue weighted by Gasteiger charge is 2.42. The van der Waals surface area contributed by atoms with Gasteiger partial charge in [0.1, 0.15) is 11.5 Å². The molecule has 2 saturated carbocycles. The van der Waals surface area contributed by atoms with Gasteiger partial charge in [-0.2, -0.15) is 0 Å². The maximum atomic E-state index is 6.99. The van der Waals surface area contributed by atoms with E-state index in [0.717, 1.165) is 76.1 Å². The molecule has 2 aliphatic rings. The third-order valence-electron chi connectivity index (χ3n) is 24.2. The van der Waals surface area contributed by atoms with E-state index in [0.29, 0.717) is 11.8 Å². The van der Waals surface area contributed by atoms with Crippen molar-refractivity contribution in [1.29, 1.82) is 0 Å². The van der Waals surface area contributed by atoms with Gasteiger partial charge in [0.2, 0.25) is 0 Å². The van der Waals surface area contributed by atoms with Gasteiger partial charge in [0.25, 0.3) is 0 Å². The summed E-state index contributed by atoms with van der Waals surface area (Å²) < 4.78 is 40.5. The highest BCUT2D eigenvalue weighted by atomic mass is 31.2. The zero-order valence-electron chi connectivity index (χ0n) is 69.7. The predicted molar refractivity (Wildman–Crippen MR) is 454 cm³/mol. The average Bonchev–Trinajstić information content (AvgIpc) is 0.803. The van der Waals surface area contributed by atoms with Gasteiger partial charge in [-0.25, -0.2) is 0 Å². The van der Waals surface area contributed by atoms with Crippen LogP contribution in [0.5, 0.6) is 11.5 Å². The quantitative estimate of drug-likeness (QED) is 0.0486. The Morgan fingerprint density at radius 3 is 0.689 bits per heavy atom. The first kappa shape index (κ1) is 94.1. The lowest BCUT2D eigenvalue weighted by atomic mass is 9.60. The Morgan fingerprint density at radius 2 is 0.456 bits per heavy atom. The van der Waals surface area contributed by atoms with Crippen molar-refractivity contribution in [2.75, 3.05) is 13.2 Å². The smallest absolute Gasteiger partial charge is 0.418 e. The van der Waals surface area contributed by atoms with Crippen LogP contribution in [0.1, 0.15) is 489 Å². The first-order valence-electron chi connectivity index (χ1n) is 46.6. The molecular weight excluding hydrogens is 1300 g/mol. The second kappa shape index (κ2) is 68.7. The second-order valence-corrected chi connectivity index (χ2v) is 36.1. The summed E-state index contributed by atoms with van der Waals surface area (Å²) in [6.07, 6.45) is 95.1. The molecule has 0 heterocycles. The van der Waals surface area contributed by atoms with Crippen molar-refractivity contribution < 1.29 is 27.1 Å². The number of benzene rings is 2. The highest BCUT2D eigenvalue weighted by Crippen LogP contribution is 2.53. The molecule has 2 aromatic rings. The maximum Gasteiger partial charge on any atom is 0.463 e. The molecular formula is C95H174O6P2. The van der Waals surface area contributed by atoms with Crippen LogP contribution in [-0.4, -0.2) is 25.4 Å². The van der Waals surface area contributed by atoms with E-state index in [1.54, 1.807) is 0 Å². The Hall–Kier alpha value is -1.26. The van der Waals surface area contributed by atoms with Gasteiger partial charge in [-0.15, -0.1) is 0 Å². The Labute approximate surface area is 645 Å². The minimum absolute atomic E-state index is 0.124. The number of hydrogen-bond acceptors (Lipinski definition) is 6. The molecule has 6 nitrogen and oxygen atoms in total. The van der Waals surface area contributed by atoms with E-state index in [9.17, 15) is 0 Å². The molecule has 2 aliphatic carbocycles. The van der Waals surface area contributed by atoms with Crippen molar-refractivity contribution >= 4 is 17.2 Å². The van der Waals surface area contributed by atoms with E-state index in [1.807, 2.05) is 0 Å². The summed E-state index contributed by atoms with van der Waals surface area (Å²) in [5.41, 5.74) is 3.05. The highest BCUT2D eigenvalue weighted by molar-refractivity contribution is 7.42. The molecule has 0 N–H and O–H groups in total. The molecule has 2 aromatic carbocycles. The Balaban J connectivity index is 1.21. The van der Waals surface area contributed by atoms with E-state index in [-0.39, 0.29) is 17.6 Å². The van der Waals surface area contributed by atoms with Crippen molar-refractivity contribution in [2.24, 2.45) is 17.3 Å². The van der Waals surface area contributed by atoms with Gasteiger partial charge >= 0.3 is 17.2 Å². The monoisotopic (exact) mass is 1470 g/mol. The van der Waals surface area contributed by atoms with Crippen LogP contribution < -0.4 is 9.05 Å². The largest absolute Gasteiger partial charge is 0.463 e. The van der Waals surface area contributed by atoms with E-state index in [4.69, 9.17) is 27.1 Å². The van der Waals surface area contributed by atoms with Crippen molar-refractivity contribution in [3.63, 3.8) is 0 Å². The van der Waals surface area contributed by atoms with Gasteiger partial charge in [0.05, 0.1) is 25.4 Å². The standard InChI is InChI=1S/C95H174O6P2/c1-7-11-15-19-23-27-31-35-39-43-47-51-55-59-63-67-87-69-77-91(78-70-87)99-103(100-92-79-71-88(72-80-92)68-64-60-56-52-48-44-40-36-32-28-24-20-16-12-8-2)101-94-83-75-90(76-84-94)95(5,6)89-73-81-93(82-74-89)98-102(96-85-65-61-57-53-49-45-41-37-33-29-25-21-17-13-9-3)97-86-66-62-58-54-50-46-42-38-34-30-26-22-18-14-10-4/h69-72,77-80,89-90,93-94H,7-68,73-76,81-86H2,1-6H3. The Kier molecular flexibility index (Phi) is 62.8. The van der Waals surface area contributed by atoms with Crippen LogP contribution in [0.25, 0.3) is 0 Å². The molecule has 0 amide bonds. The molecule has 0 unspecified atom stereocenters. The molecule has 0 atom stereocenters. The van der Waals surface area contributed by atoms with Crippen LogP contribution in [0, 0.1) is 17.3 Å². The van der Waals surface area contributed by atoms with Crippen LogP contribution in [0.2, 0.25) is 0 Å². The van der Waals surface area contributed by atoms with E-state index in [2.05, 4.69) is 90.1 Å². The van der Waals surface area contributed by atoms with Crippen molar-refractivity contribution in [2.45, 2.75) is 503 Å². The first-order valence-corrected chi connectivity index (χ1v) is 48.8. The average molecular weight is 1470 g/mol. The molecule has 0 bridgehead atoms. The first-order chi connectivity index (χ1) is 50.8. The molecule has 0 saturated heterocycles. The van der Waals surface area contributed by atoms with Gasteiger partial charge in [-0.3, -0.25) is 4.52 Å². The fraction of sp³-hybridized carbons (Fsp3) is 0.874. The number of aryl methyl sites for hydroxylation is 2. The summed E-state index contributed by atoms with van der Waals surface area (Å²) in [5.74, 6) is 3.05.